The minimum Gasteiger partial charge on any atom is -0.496 e. The maximum atomic E-state index is 12.7. The fraction of sp³-hybridized carbons (Fsp3) is 0.565. The maximum absolute atomic E-state index is 12.7. The summed E-state index contributed by atoms with van der Waals surface area (Å²) in [6.45, 7) is 4.20. The van der Waals surface area contributed by atoms with E-state index in [4.69, 9.17) is 32.7 Å². The number of esters is 1. The molecule has 35 heavy (non-hydrogen) atoms. The fourth-order valence-electron chi connectivity index (χ4n) is 3.80. The highest BCUT2D eigenvalue weighted by Gasteiger charge is 2.40. The van der Waals surface area contributed by atoms with Gasteiger partial charge < -0.3 is 37.8 Å². The predicted octanol–water partition coefficient (Wildman–Crippen LogP) is 3.49. The molecule has 1 unspecified atom stereocenters. The molecule has 1 aromatic carbocycles. The standard InChI is InChI=1S/C23H33O11P/c1-14(11-18(22(24)25)35(27,30-5)31-6)7-8-16-20(29-4)15(2)17-12-33-23(26)19(17)21(16)34-13-32-10-9-28-3/h7,18H,8-13H2,1-6H3,(H,24,25)/b14-7+. The fourth-order valence-corrected chi connectivity index (χ4v) is 5.24. The summed E-state index contributed by atoms with van der Waals surface area (Å²) in [5, 5.41) is 9.59. The minimum atomic E-state index is -3.85. The van der Waals surface area contributed by atoms with Crippen molar-refractivity contribution in [3.05, 3.63) is 33.9 Å². The lowest BCUT2D eigenvalue weighted by Gasteiger charge is -2.21. The van der Waals surface area contributed by atoms with Gasteiger partial charge in [-0.1, -0.05) is 11.6 Å². The van der Waals surface area contributed by atoms with Crippen molar-refractivity contribution in [2.45, 2.75) is 39.0 Å². The third-order valence-electron chi connectivity index (χ3n) is 5.69. The zero-order valence-electron chi connectivity index (χ0n) is 20.9. The van der Waals surface area contributed by atoms with Gasteiger partial charge in [-0.2, -0.15) is 0 Å². The van der Waals surface area contributed by atoms with E-state index in [1.165, 1.54) is 7.11 Å². The number of carboxylic acid groups (broad SMARTS) is 1. The zero-order valence-corrected chi connectivity index (χ0v) is 21.8. The monoisotopic (exact) mass is 516 g/mol. The van der Waals surface area contributed by atoms with Crippen LogP contribution < -0.4 is 9.47 Å². The van der Waals surface area contributed by atoms with Gasteiger partial charge in [-0.15, -0.1) is 0 Å². The number of fused-ring (bicyclic) bond motifs is 1. The van der Waals surface area contributed by atoms with Crippen LogP contribution in [0.25, 0.3) is 0 Å². The lowest BCUT2D eigenvalue weighted by atomic mass is 9.94. The van der Waals surface area contributed by atoms with Gasteiger partial charge in [-0.3, -0.25) is 9.36 Å². The maximum Gasteiger partial charge on any atom is 0.344 e. The smallest absolute Gasteiger partial charge is 0.344 e. The molecule has 0 saturated carbocycles. The van der Waals surface area contributed by atoms with Gasteiger partial charge in [0.05, 0.1) is 20.3 Å². The lowest BCUT2D eigenvalue weighted by molar-refractivity contribution is -0.137. The second-order valence-electron chi connectivity index (χ2n) is 7.78. The number of benzene rings is 1. The Balaban J connectivity index is 2.42. The molecule has 2 rings (SSSR count). The number of carboxylic acids is 1. The molecule has 0 fully saturated rings. The number of cyclic esters (lactones) is 1. The predicted molar refractivity (Wildman–Crippen MR) is 125 cm³/mol. The molecule has 1 atom stereocenters. The number of hydrogen-bond donors (Lipinski definition) is 1. The molecule has 0 spiro atoms. The van der Waals surface area contributed by atoms with E-state index in [1.54, 1.807) is 20.1 Å². The quantitative estimate of drug-likeness (QED) is 0.121. The lowest BCUT2D eigenvalue weighted by Crippen LogP contribution is -2.22. The molecule has 0 saturated heterocycles. The topological polar surface area (TPSA) is 136 Å². The van der Waals surface area contributed by atoms with E-state index in [0.29, 0.717) is 41.2 Å². The van der Waals surface area contributed by atoms with Crippen LogP contribution in [0, 0.1) is 6.92 Å². The summed E-state index contributed by atoms with van der Waals surface area (Å²) in [6, 6.07) is 0. The SMILES string of the molecule is COCCOCOc1c(C/C=C(\C)CC(C(=O)O)P(=O)(OC)OC)c(OC)c(C)c2c1C(=O)OC2. The molecule has 1 aromatic rings. The first-order valence-electron chi connectivity index (χ1n) is 10.8. The van der Waals surface area contributed by atoms with Crippen LogP contribution in [-0.4, -0.2) is 71.2 Å². The van der Waals surface area contributed by atoms with Gasteiger partial charge in [0.2, 0.25) is 0 Å². The molecule has 1 heterocycles. The van der Waals surface area contributed by atoms with Crippen LogP contribution in [0.2, 0.25) is 0 Å². The Hall–Kier alpha value is -2.43. The van der Waals surface area contributed by atoms with Gasteiger partial charge in [0.25, 0.3) is 0 Å². The van der Waals surface area contributed by atoms with Crippen LogP contribution in [0.4, 0.5) is 0 Å². The Morgan fingerprint density at radius 1 is 1.17 bits per heavy atom. The molecule has 0 amide bonds. The van der Waals surface area contributed by atoms with Gasteiger partial charge in [-0.25, -0.2) is 4.79 Å². The summed E-state index contributed by atoms with van der Waals surface area (Å²) in [7, 11) is 1.51. The molecule has 0 bridgehead atoms. The molecular formula is C23H33O11P. The van der Waals surface area contributed by atoms with E-state index >= 15 is 0 Å². The first kappa shape index (κ1) is 28.8. The molecule has 12 heteroatoms. The number of ether oxygens (including phenoxy) is 5. The Kier molecular flexibility index (Phi) is 10.7. The van der Waals surface area contributed by atoms with Gasteiger partial charge in [0.15, 0.2) is 12.5 Å². The molecule has 1 N–H and O–H groups in total. The molecule has 0 aliphatic carbocycles. The van der Waals surface area contributed by atoms with Gasteiger partial charge in [0.1, 0.15) is 23.7 Å². The number of methoxy groups -OCH3 is 2. The number of hydrogen-bond acceptors (Lipinski definition) is 10. The van der Waals surface area contributed by atoms with Gasteiger partial charge in [0, 0.05) is 32.5 Å². The molecule has 1 aliphatic rings. The molecule has 1 aliphatic heterocycles. The second-order valence-corrected chi connectivity index (χ2v) is 10.2. The number of aliphatic carboxylic acids is 1. The first-order valence-corrected chi connectivity index (χ1v) is 12.4. The highest BCUT2D eigenvalue weighted by atomic mass is 31.2. The molecular weight excluding hydrogens is 483 g/mol. The van der Waals surface area contributed by atoms with Crippen molar-refractivity contribution in [2.24, 2.45) is 0 Å². The summed E-state index contributed by atoms with van der Waals surface area (Å²) >= 11 is 0. The van der Waals surface area contributed by atoms with Crippen molar-refractivity contribution in [3.63, 3.8) is 0 Å². The van der Waals surface area contributed by atoms with E-state index in [1.807, 2.05) is 6.92 Å². The molecule has 0 radical (unpaired) electrons. The van der Waals surface area contributed by atoms with Gasteiger partial charge >= 0.3 is 19.5 Å². The van der Waals surface area contributed by atoms with Crippen LogP contribution in [0.1, 0.15) is 40.4 Å². The largest absolute Gasteiger partial charge is 0.496 e. The Labute approximate surface area is 204 Å². The summed E-state index contributed by atoms with van der Waals surface area (Å²) in [6.07, 6.45) is 1.92. The Morgan fingerprint density at radius 3 is 2.43 bits per heavy atom. The molecule has 0 aromatic heterocycles. The van der Waals surface area contributed by atoms with Gasteiger partial charge in [-0.05, 0) is 32.3 Å². The average Bonchev–Trinajstić information content (AvgIpc) is 3.23. The normalized spacial score (nSPS) is 14.5. The summed E-state index contributed by atoms with van der Waals surface area (Å²) in [5.74, 6) is -1.00. The first-order chi connectivity index (χ1) is 16.6. The van der Waals surface area contributed by atoms with Crippen molar-refractivity contribution >= 4 is 19.5 Å². The van der Waals surface area contributed by atoms with Crippen LogP contribution in [0.15, 0.2) is 11.6 Å². The van der Waals surface area contributed by atoms with E-state index in [0.717, 1.165) is 19.8 Å². The second kappa shape index (κ2) is 13.0. The molecule has 11 nitrogen and oxygen atoms in total. The third kappa shape index (κ3) is 6.62. The number of allylic oxidation sites excluding steroid dienone is 2. The number of carbonyl (C=O) groups is 2. The van der Waals surface area contributed by atoms with Crippen LogP contribution >= 0.6 is 7.60 Å². The Morgan fingerprint density at radius 2 is 1.86 bits per heavy atom. The minimum absolute atomic E-state index is 0.0705. The Bertz CT molecular complexity index is 994. The zero-order chi connectivity index (χ0) is 26.2. The average molecular weight is 516 g/mol. The summed E-state index contributed by atoms with van der Waals surface area (Å²) in [5.41, 5.74) is 1.55. The van der Waals surface area contributed by atoms with Crippen LogP contribution in [0.5, 0.6) is 11.5 Å². The van der Waals surface area contributed by atoms with Crippen LogP contribution in [0.3, 0.4) is 0 Å². The van der Waals surface area contributed by atoms with E-state index in [2.05, 4.69) is 0 Å². The number of carbonyl (C=O) groups excluding carboxylic acids is 1. The number of rotatable bonds is 15. The van der Waals surface area contributed by atoms with Crippen molar-refractivity contribution in [1.82, 2.24) is 0 Å². The summed E-state index contributed by atoms with van der Waals surface area (Å²) in [4.78, 5) is 24.3. The summed E-state index contributed by atoms with van der Waals surface area (Å²) < 4.78 is 49.6. The van der Waals surface area contributed by atoms with Crippen LogP contribution in [-0.2, 0) is 45.6 Å². The third-order valence-corrected chi connectivity index (χ3v) is 7.88. The highest BCUT2D eigenvalue weighted by molar-refractivity contribution is 7.55. The van der Waals surface area contributed by atoms with Crippen molar-refractivity contribution in [1.29, 1.82) is 0 Å². The van der Waals surface area contributed by atoms with Crippen molar-refractivity contribution in [3.8, 4) is 11.5 Å². The van der Waals surface area contributed by atoms with E-state index in [9.17, 15) is 19.3 Å². The van der Waals surface area contributed by atoms with E-state index < -0.39 is 25.2 Å². The molecule has 196 valence electrons. The highest BCUT2D eigenvalue weighted by Crippen LogP contribution is 2.53. The van der Waals surface area contributed by atoms with Crippen molar-refractivity contribution in [2.75, 3.05) is 48.4 Å². The van der Waals surface area contributed by atoms with Crippen molar-refractivity contribution < 1.29 is 52.0 Å². The van der Waals surface area contributed by atoms with E-state index in [-0.39, 0.29) is 32.0 Å².